The van der Waals surface area contributed by atoms with Crippen LogP contribution in [-0.2, 0) is 6.54 Å². The van der Waals surface area contributed by atoms with Gasteiger partial charge in [-0.05, 0) is 23.8 Å². The van der Waals surface area contributed by atoms with Crippen molar-refractivity contribution >= 4 is 23.3 Å². The molecule has 2 aliphatic rings. The lowest BCUT2D eigenvalue weighted by atomic mass is 10.1. The number of piperazine rings is 1. The quantitative estimate of drug-likeness (QED) is 0.799. The Morgan fingerprint density at radius 3 is 3.11 bits per heavy atom. The van der Waals surface area contributed by atoms with Gasteiger partial charge in [0.1, 0.15) is 0 Å². The molecule has 19 heavy (non-hydrogen) atoms. The van der Waals surface area contributed by atoms with Crippen molar-refractivity contribution in [2.75, 3.05) is 31.9 Å². The van der Waals surface area contributed by atoms with Crippen molar-refractivity contribution in [2.24, 2.45) is 0 Å². The van der Waals surface area contributed by atoms with E-state index in [4.69, 9.17) is 17.3 Å². The van der Waals surface area contributed by atoms with Gasteiger partial charge in [0.15, 0.2) is 0 Å². The number of nitrogens with zero attached hydrogens (tertiary/aromatic N) is 2. The van der Waals surface area contributed by atoms with Gasteiger partial charge in [-0.15, -0.1) is 0 Å². The van der Waals surface area contributed by atoms with E-state index in [1.165, 1.54) is 0 Å². The highest BCUT2D eigenvalue weighted by Crippen LogP contribution is 2.22. The van der Waals surface area contributed by atoms with Crippen molar-refractivity contribution < 1.29 is 4.79 Å². The zero-order valence-corrected chi connectivity index (χ0v) is 11.4. The maximum absolute atomic E-state index is 11.5. The summed E-state index contributed by atoms with van der Waals surface area (Å²) in [6.45, 7) is 4.04. The molecule has 0 radical (unpaired) electrons. The number of urea groups is 1. The van der Waals surface area contributed by atoms with E-state index in [0.717, 1.165) is 49.0 Å². The van der Waals surface area contributed by atoms with E-state index in [0.29, 0.717) is 0 Å². The molecule has 2 aliphatic heterocycles. The number of nitrogens with two attached hydrogens (primary N) is 1. The Balaban J connectivity index is 1.68. The number of hydrogen-bond acceptors (Lipinski definition) is 3. The summed E-state index contributed by atoms with van der Waals surface area (Å²) in [7, 11) is 0. The summed E-state index contributed by atoms with van der Waals surface area (Å²) in [6.07, 6.45) is 0. The second-order valence-electron chi connectivity index (χ2n) is 5.12. The van der Waals surface area contributed by atoms with Gasteiger partial charge in [0, 0.05) is 43.4 Å². The molecular formula is C13H17ClN4O. The lowest BCUT2D eigenvalue weighted by Gasteiger charge is -2.36. The summed E-state index contributed by atoms with van der Waals surface area (Å²) in [4.78, 5) is 15.8. The van der Waals surface area contributed by atoms with Crippen LogP contribution in [0.4, 0.5) is 10.5 Å². The number of hydrogen-bond donors (Lipinski definition) is 2. The summed E-state index contributed by atoms with van der Waals surface area (Å²) in [6, 6.07) is 5.91. The Morgan fingerprint density at radius 2 is 2.26 bits per heavy atom. The topological polar surface area (TPSA) is 61.6 Å². The van der Waals surface area contributed by atoms with Crippen LogP contribution in [0.5, 0.6) is 0 Å². The Labute approximate surface area is 117 Å². The van der Waals surface area contributed by atoms with E-state index in [-0.39, 0.29) is 12.1 Å². The molecule has 0 spiro atoms. The first-order valence-corrected chi connectivity index (χ1v) is 6.82. The molecule has 1 aromatic rings. The van der Waals surface area contributed by atoms with Crippen LogP contribution in [0.1, 0.15) is 5.56 Å². The third-order valence-electron chi connectivity index (χ3n) is 3.78. The van der Waals surface area contributed by atoms with Gasteiger partial charge < -0.3 is 16.0 Å². The number of fused-ring (bicyclic) bond motifs is 1. The van der Waals surface area contributed by atoms with Crippen molar-refractivity contribution in [1.29, 1.82) is 0 Å². The number of carbonyl (C=O) groups is 1. The first kappa shape index (κ1) is 12.6. The number of nitrogen functional groups attached to an aromatic ring is 1. The third-order valence-corrected chi connectivity index (χ3v) is 4.15. The van der Waals surface area contributed by atoms with Crippen LogP contribution in [0.2, 0.25) is 5.02 Å². The van der Waals surface area contributed by atoms with Crippen molar-refractivity contribution in [1.82, 2.24) is 15.1 Å². The molecule has 1 atom stereocenters. The highest BCUT2D eigenvalue weighted by Gasteiger charge is 2.35. The predicted molar refractivity (Wildman–Crippen MR) is 75.0 cm³/mol. The molecule has 2 saturated heterocycles. The summed E-state index contributed by atoms with van der Waals surface area (Å²) < 4.78 is 0. The van der Waals surface area contributed by atoms with Gasteiger partial charge in [-0.1, -0.05) is 11.6 Å². The molecule has 2 heterocycles. The van der Waals surface area contributed by atoms with Crippen LogP contribution in [0.3, 0.4) is 0 Å². The first-order valence-electron chi connectivity index (χ1n) is 6.44. The van der Waals surface area contributed by atoms with Crippen molar-refractivity contribution in [2.45, 2.75) is 12.6 Å². The van der Waals surface area contributed by atoms with Crippen LogP contribution < -0.4 is 11.1 Å². The van der Waals surface area contributed by atoms with Crippen LogP contribution >= 0.6 is 11.6 Å². The highest BCUT2D eigenvalue weighted by atomic mass is 35.5. The molecule has 1 unspecified atom stereocenters. The molecule has 5 nitrogen and oxygen atoms in total. The van der Waals surface area contributed by atoms with Gasteiger partial charge in [-0.2, -0.15) is 0 Å². The van der Waals surface area contributed by atoms with Crippen LogP contribution in [0, 0.1) is 0 Å². The molecule has 0 bridgehead atoms. The number of carbonyl (C=O) groups excluding carboxylic acids is 1. The number of benzene rings is 1. The Morgan fingerprint density at radius 1 is 1.42 bits per heavy atom. The summed E-state index contributed by atoms with van der Waals surface area (Å²) in [5, 5.41) is 3.63. The minimum atomic E-state index is 0.0617. The Bertz CT molecular complexity index is 507. The molecule has 2 amide bonds. The van der Waals surface area contributed by atoms with Crippen LogP contribution in [0.15, 0.2) is 18.2 Å². The van der Waals surface area contributed by atoms with Gasteiger partial charge in [0.2, 0.25) is 0 Å². The lowest BCUT2D eigenvalue weighted by Crippen LogP contribution is -2.51. The standard InChI is InChI=1S/C13H17ClN4O/c14-12-2-1-10(15)5-9(12)7-17-3-4-18-11(8-17)6-16-13(18)19/h1-2,5,11H,3-4,6-8,15H2,(H,16,19). The number of rotatable bonds is 2. The van der Waals surface area contributed by atoms with Crippen molar-refractivity contribution in [3.05, 3.63) is 28.8 Å². The summed E-state index contributed by atoms with van der Waals surface area (Å²) >= 11 is 6.19. The molecular weight excluding hydrogens is 264 g/mol. The fraction of sp³-hybridized carbons (Fsp3) is 0.462. The van der Waals surface area contributed by atoms with E-state index < -0.39 is 0 Å². The molecule has 6 heteroatoms. The van der Waals surface area contributed by atoms with Gasteiger partial charge >= 0.3 is 6.03 Å². The second-order valence-corrected chi connectivity index (χ2v) is 5.53. The number of halogens is 1. The molecule has 2 fully saturated rings. The average molecular weight is 281 g/mol. The normalized spacial score (nSPS) is 23.3. The van der Waals surface area contributed by atoms with Gasteiger partial charge in [0.25, 0.3) is 0 Å². The lowest BCUT2D eigenvalue weighted by molar-refractivity contribution is 0.116. The minimum Gasteiger partial charge on any atom is -0.399 e. The van der Waals surface area contributed by atoms with Crippen molar-refractivity contribution in [3.8, 4) is 0 Å². The molecule has 102 valence electrons. The SMILES string of the molecule is Nc1ccc(Cl)c(CN2CCN3C(=O)NCC3C2)c1. The highest BCUT2D eigenvalue weighted by molar-refractivity contribution is 6.31. The monoisotopic (exact) mass is 280 g/mol. The minimum absolute atomic E-state index is 0.0617. The zero-order chi connectivity index (χ0) is 13.4. The van der Waals surface area contributed by atoms with Gasteiger partial charge in [-0.25, -0.2) is 4.79 Å². The van der Waals surface area contributed by atoms with Gasteiger partial charge in [0.05, 0.1) is 6.04 Å². The van der Waals surface area contributed by atoms with Crippen LogP contribution in [0.25, 0.3) is 0 Å². The fourth-order valence-electron chi connectivity index (χ4n) is 2.77. The number of amides is 2. The Hall–Kier alpha value is -1.46. The predicted octanol–water partition coefficient (Wildman–Crippen LogP) is 1.13. The van der Waals surface area contributed by atoms with Crippen molar-refractivity contribution in [3.63, 3.8) is 0 Å². The molecule has 3 N–H and O–H groups in total. The smallest absolute Gasteiger partial charge is 0.317 e. The maximum Gasteiger partial charge on any atom is 0.317 e. The fourth-order valence-corrected chi connectivity index (χ4v) is 2.95. The second kappa shape index (κ2) is 4.90. The molecule has 0 aromatic heterocycles. The van der Waals surface area contributed by atoms with E-state index in [9.17, 15) is 4.79 Å². The largest absolute Gasteiger partial charge is 0.399 e. The third kappa shape index (κ3) is 2.48. The molecule has 0 saturated carbocycles. The Kier molecular flexibility index (Phi) is 3.24. The number of anilines is 1. The molecule has 0 aliphatic carbocycles. The molecule has 3 rings (SSSR count). The van der Waals surface area contributed by atoms with E-state index in [2.05, 4.69) is 10.2 Å². The zero-order valence-electron chi connectivity index (χ0n) is 10.6. The average Bonchev–Trinajstić information content (AvgIpc) is 2.75. The summed E-state index contributed by atoms with van der Waals surface area (Å²) in [5.74, 6) is 0. The maximum atomic E-state index is 11.5. The van der Waals surface area contributed by atoms with E-state index in [1.54, 1.807) is 0 Å². The van der Waals surface area contributed by atoms with Crippen LogP contribution in [-0.4, -0.2) is 48.1 Å². The first-order chi connectivity index (χ1) is 9.13. The summed E-state index contributed by atoms with van der Waals surface area (Å²) in [5.41, 5.74) is 7.58. The van der Waals surface area contributed by atoms with E-state index >= 15 is 0 Å². The molecule has 1 aromatic carbocycles. The van der Waals surface area contributed by atoms with E-state index in [1.807, 2.05) is 23.1 Å². The van der Waals surface area contributed by atoms with Gasteiger partial charge in [-0.3, -0.25) is 4.90 Å². The number of nitrogens with one attached hydrogen (secondary N) is 1.